The summed E-state index contributed by atoms with van der Waals surface area (Å²) in [7, 11) is 0. The largest absolute Gasteiger partial charge is 0.444 e. The number of piperidine rings is 1. The second-order valence-corrected chi connectivity index (χ2v) is 11.8. The number of carbonyl (C=O) groups is 2. The fourth-order valence-electron chi connectivity index (χ4n) is 5.04. The van der Waals surface area contributed by atoms with Crippen molar-refractivity contribution in [3.05, 3.63) is 75.4 Å². The van der Waals surface area contributed by atoms with Crippen molar-refractivity contribution in [2.24, 2.45) is 0 Å². The molecular weight excluding hydrogens is 586 g/mol. The van der Waals surface area contributed by atoms with E-state index in [0.29, 0.717) is 29.9 Å². The van der Waals surface area contributed by atoms with Crippen LogP contribution >= 0.6 is 11.6 Å². The van der Waals surface area contributed by atoms with Gasteiger partial charge < -0.3 is 20.3 Å². The molecule has 0 bridgehead atoms. The topological polar surface area (TPSA) is 160 Å². The van der Waals surface area contributed by atoms with Gasteiger partial charge in [-0.25, -0.2) is 9.78 Å². The van der Waals surface area contributed by atoms with Gasteiger partial charge in [-0.05, 0) is 57.4 Å². The number of nitrogens with one attached hydrogen (secondary N) is 2. The number of nitrogens with zero attached hydrogens (tertiary/aromatic N) is 7. The Morgan fingerprint density at radius 1 is 1.14 bits per heavy atom. The lowest BCUT2D eigenvalue weighted by Crippen LogP contribution is -2.49. The van der Waals surface area contributed by atoms with Crippen LogP contribution in [0.15, 0.2) is 53.5 Å². The van der Waals surface area contributed by atoms with Crippen LogP contribution in [0.5, 0.6) is 0 Å². The summed E-state index contributed by atoms with van der Waals surface area (Å²) in [5, 5.41) is 15.9. The average Bonchev–Trinajstić information content (AvgIpc) is 3.33. The number of anilines is 2. The van der Waals surface area contributed by atoms with E-state index in [0.717, 1.165) is 23.0 Å². The Kier molecular flexibility index (Phi) is 8.82. The number of benzene rings is 1. The van der Waals surface area contributed by atoms with E-state index in [9.17, 15) is 19.6 Å². The fraction of sp³-hybridized carbons (Fsp3) is 0.367. The van der Waals surface area contributed by atoms with Crippen LogP contribution in [0.1, 0.15) is 45.0 Å². The van der Waals surface area contributed by atoms with Crippen molar-refractivity contribution in [1.82, 2.24) is 29.4 Å². The summed E-state index contributed by atoms with van der Waals surface area (Å²) in [5.41, 5.74) is -0.323. The van der Waals surface area contributed by atoms with Crippen LogP contribution in [0.3, 0.4) is 0 Å². The number of pyridine rings is 1. The van der Waals surface area contributed by atoms with Crippen molar-refractivity contribution in [3.63, 3.8) is 0 Å². The normalized spacial score (nSPS) is 15.1. The molecule has 2 amide bonds. The molecule has 0 saturated carbocycles. The van der Waals surface area contributed by atoms with Gasteiger partial charge >= 0.3 is 6.09 Å². The number of hydrogen-bond acceptors (Lipinski definition) is 9. The molecule has 1 fully saturated rings. The molecule has 0 spiro atoms. The lowest BCUT2D eigenvalue weighted by molar-refractivity contribution is -0.116. The first-order chi connectivity index (χ1) is 21.0. The molecule has 1 aliphatic rings. The number of fused-ring (bicyclic) bond motifs is 1. The Bertz CT molecular complexity index is 1790. The Morgan fingerprint density at radius 3 is 2.61 bits per heavy atom. The summed E-state index contributed by atoms with van der Waals surface area (Å²) in [6, 6.07) is 14.0. The predicted octanol–water partition coefficient (Wildman–Crippen LogP) is 3.69. The minimum atomic E-state index is -0.639. The third kappa shape index (κ3) is 6.98. The van der Waals surface area contributed by atoms with Crippen LogP contribution in [-0.4, -0.2) is 60.8 Å². The molecule has 228 valence electrons. The first kappa shape index (κ1) is 30.5. The van der Waals surface area contributed by atoms with Crippen molar-refractivity contribution >= 4 is 46.5 Å². The Balaban J connectivity index is 1.54. The lowest BCUT2D eigenvalue weighted by Gasteiger charge is -2.34. The molecule has 1 atom stereocenters. The predicted molar refractivity (Wildman–Crippen MR) is 165 cm³/mol. The van der Waals surface area contributed by atoms with E-state index in [-0.39, 0.29) is 29.6 Å². The molecule has 13 nitrogen and oxygen atoms in total. The molecule has 4 heterocycles. The fourth-order valence-corrected chi connectivity index (χ4v) is 5.23. The molecule has 1 aliphatic heterocycles. The molecule has 44 heavy (non-hydrogen) atoms. The highest BCUT2D eigenvalue weighted by Gasteiger charge is 2.29. The molecule has 0 aliphatic carbocycles. The second-order valence-electron chi connectivity index (χ2n) is 11.4. The summed E-state index contributed by atoms with van der Waals surface area (Å²) in [6.07, 6.45) is 2.49. The van der Waals surface area contributed by atoms with Crippen molar-refractivity contribution in [1.29, 1.82) is 5.26 Å². The number of aromatic nitrogens is 5. The molecule has 1 aromatic carbocycles. The number of hydrogen-bond donors (Lipinski definition) is 2. The zero-order valence-electron chi connectivity index (χ0n) is 24.6. The van der Waals surface area contributed by atoms with Gasteiger partial charge in [0.2, 0.25) is 17.7 Å². The third-order valence-electron chi connectivity index (χ3n) is 6.89. The standard InChI is InChI=1S/C30H32ClN9O4/c1-30(2,3)44-29(43)34-20-10-8-14-38(17-20)28-37-26-25(40(28)16-19-9-4-5-11-21(19)31)27(42)39(23(15-32)36-26)18-24(41)35-22-12-6-7-13-33-22/h4-7,9,11-13,20H,8,10,14,16-18H2,1-3H3,(H,34,43)(H,33,35,41)/t20-/m1/s1. The Morgan fingerprint density at radius 2 is 1.91 bits per heavy atom. The lowest BCUT2D eigenvalue weighted by atomic mass is 10.1. The summed E-state index contributed by atoms with van der Waals surface area (Å²) < 4.78 is 8.17. The molecular formula is C30H32ClN9O4. The van der Waals surface area contributed by atoms with Crippen LogP contribution < -0.4 is 21.1 Å². The molecule has 4 aromatic rings. The van der Waals surface area contributed by atoms with Gasteiger partial charge in [0, 0.05) is 30.4 Å². The minimum absolute atomic E-state index is 0.0669. The summed E-state index contributed by atoms with van der Waals surface area (Å²) in [6.45, 7) is 6.12. The average molecular weight is 618 g/mol. The third-order valence-corrected chi connectivity index (χ3v) is 7.26. The van der Waals surface area contributed by atoms with Crippen LogP contribution in [0.4, 0.5) is 16.6 Å². The Labute approximate surface area is 258 Å². The molecule has 2 N–H and O–H groups in total. The molecule has 0 unspecified atom stereocenters. The van der Waals surface area contributed by atoms with E-state index in [1.54, 1.807) is 49.6 Å². The highest BCUT2D eigenvalue weighted by Crippen LogP contribution is 2.27. The minimum Gasteiger partial charge on any atom is -0.444 e. The molecule has 3 aromatic heterocycles. The highest BCUT2D eigenvalue weighted by atomic mass is 35.5. The molecule has 0 radical (unpaired) electrons. The maximum Gasteiger partial charge on any atom is 0.407 e. The van der Waals surface area contributed by atoms with Crippen molar-refractivity contribution in [2.45, 2.75) is 58.3 Å². The van der Waals surface area contributed by atoms with Gasteiger partial charge in [0.15, 0.2) is 11.2 Å². The SMILES string of the molecule is CC(C)(C)OC(=O)N[C@@H]1CCCN(c2nc3nc(C#N)n(CC(=O)Nc4ccccn4)c(=O)c3n2Cc2ccccc2Cl)C1. The number of carbonyl (C=O) groups excluding carboxylic acids is 2. The van der Waals surface area contributed by atoms with Gasteiger partial charge in [-0.3, -0.25) is 18.7 Å². The number of halogens is 1. The number of alkyl carbamates (subject to hydrolysis) is 1. The van der Waals surface area contributed by atoms with Gasteiger partial charge in [0.1, 0.15) is 24.0 Å². The van der Waals surface area contributed by atoms with Crippen LogP contribution in [-0.2, 0) is 22.6 Å². The smallest absolute Gasteiger partial charge is 0.407 e. The van der Waals surface area contributed by atoms with Gasteiger partial charge in [-0.15, -0.1) is 0 Å². The van der Waals surface area contributed by atoms with E-state index >= 15 is 0 Å². The number of imidazole rings is 1. The van der Waals surface area contributed by atoms with Crippen LogP contribution in [0.2, 0.25) is 5.02 Å². The van der Waals surface area contributed by atoms with Gasteiger partial charge in [0.05, 0.1) is 6.54 Å². The quantitative estimate of drug-likeness (QED) is 0.315. The van der Waals surface area contributed by atoms with E-state index < -0.39 is 29.7 Å². The van der Waals surface area contributed by atoms with E-state index in [1.807, 2.05) is 29.2 Å². The molecule has 1 saturated heterocycles. The number of nitriles is 1. The van der Waals surface area contributed by atoms with E-state index in [4.69, 9.17) is 21.3 Å². The summed E-state index contributed by atoms with van der Waals surface area (Å²) in [4.78, 5) is 54.5. The number of amides is 2. The Hall–Kier alpha value is -4.96. The highest BCUT2D eigenvalue weighted by molar-refractivity contribution is 6.31. The van der Waals surface area contributed by atoms with Crippen molar-refractivity contribution < 1.29 is 14.3 Å². The van der Waals surface area contributed by atoms with E-state index in [2.05, 4.69) is 20.6 Å². The first-order valence-corrected chi connectivity index (χ1v) is 14.5. The first-order valence-electron chi connectivity index (χ1n) is 14.1. The second kappa shape index (κ2) is 12.7. The maximum absolute atomic E-state index is 14.0. The molecule has 14 heteroatoms. The number of rotatable bonds is 7. The van der Waals surface area contributed by atoms with Gasteiger partial charge in [-0.1, -0.05) is 35.9 Å². The van der Waals surface area contributed by atoms with Gasteiger partial charge in [-0.2, -0.15) is 15.2 Å². The molecule has 5 rings (SSSR count). The van der Waals surface area contributed by atoms with Gasteiger partial charge in [0.25, 0.3) is 5.56 Å². The zero-order valence-corrected chi connectivity index (χ0v) is 25.3. The number of ether oxygens (including phenoxy) is 1. The maximum atomic E-state index is 14.0. The van der Waals surface area contributed by atoms with E-state index in [1.165, 1.54) is 6.20 Å². The summed E-state index contributed by atoms with van der Waals surface area (Å²) in [5.74, 6) is -0.0627. The van der Waals surface area contributed by atoms with Crippen LogP contribution in [0.25, 0.3) is 11.2 Å². The van der Waals surface area contributed by atoms with Crippen LogP contribution in [0, 0.1) is 11.3 Å². The zero-order chi connectivity index (χ0) is 31.4. The van der Waals surface area contributed by atoms with Crippen molar-refractivity contribution in [2.75, 3.05) is 23.3 Å². The van der Waals surface area contributed by atoms with Crippen molar-refractivity contribution in [3.8, 4) is 6.07 Å². The summed E-state index contributed by atoms with van der Waals surface area (Å²) >= 11 is 6.52. The monoisotopic (exact) mass is 617 g/mol.